The number of carbonyl (C=O) groups is 1. The Morgan fingerprint density at radius 1 is 1.14 bits per heavy atom. The van der Waals surface area contributed by atoms with E-state index in [1.54, 1.807) is 18.6 Å². The van der Waals surface area contributed by atoms with Gasteiger partial charge in [-0.05, 0) is 32.2 Å². The molecule has 1 amide bonds. The third kappa shape index (κ3) is 3.40. The van der Waals surface area contributed by atoms with Crippen molar-refractivity contribution in [3.63, 3.8) is 0 Å². The van der Waals surface area contributed by atoms with Crippen molar-refractivity contribution in [3.05, 3.63) is 18.6 Å². The number of anilines is 1. The summed E-state index contributed by atoms with van der Waals surface area (Å²) in [7, 11) is 0. The van der Waals surface area contributed by atoms with Crippen LogP contribution in [0.4, 0.5) is 5.82 Å². The van der Waals surface area contributed by atoms with Crippen molar-refractivity contribution in [2.75, 3.05) is 18.0 Å². The maximum absolute atomic E-state index is 13.0. The molecule has 5 heteroatoms. The lowest BCUT2D eigenvalue weighted by Crippen LogP contribution is -2.48. The number of nitrogens with one attached hydrogen (secondary N) is 1. The summed E-state index contributed by atoms with van der Waals surface area (Å²) in [6, 6.07) is 0.296. The van der Waals surface area contributed by atoms with E-state index in [0.29, 0.717) is 6.04 Å². The van der Waals surface area contributed by atoms with Crippen LogP contribution in [-0.2, 0) is 4.79 Å². The van der Waals surface area contributed by atoms with Crippen molar-refractivity contribution in [2.24, 2.45) is 5.92 Å². The third-order valence-corrected chi connectivity index (χ3v) is 4.62. The molecule has 1 saturated heterocycles. The molecule has 1 aromatic heterocycles. The van der Waals surface area contributed by atoms with Crippen LogP contribution in [0.1, 0.15) is 44.9 Å². The Hall–Kier alpha value is -1.49. The number of hydrogen-bond donors (Lipinski definition) is 1. The van der Waals surface area contributed by atoms with Crippen molar-refractivity contribution in [2.45, 2.75) is 51.0 Å². The average molecular weight is 288 g/mol. The maximum Gasteiger partial charge on any atom is 0.232 e. The van der Waals surface area contributed by atoms with E-state index in [1.807, 2.05) is 4.90 Å². The number of nitrogens with zero attached hydrogens (tertiary/aromatic N) is 3. The van der Waals surface area contributed by atoms with Gasteiger partial charge in [0.05, 0.1) is 12.1 Å². The molecular formula is C16H24N4O. The van der Waals surface area contributed by atoms with Crippen LogP contribution in [-0.4, -0.2) is 35.0 Å². The van der Waals surface area contributed by atoms with Crippen molar-refractivity contribution < 1.29 is 4.79 Å². The molecule has 1 saturated carbocycles. The number of piperidine rings is 1. The highest BCUT2D eigenvalue weighted by atomic mass is 16.2. The summed E-state index contributed by atoms with van der Waals surface area (Å²) in [6.07, 6.45) is 13.0. The molecule has 1 aromatic rings. The first-order valence-corrected chi connectivity index (χ1v) is 8.16. The molecule has 3 rings (SSSR count). The highest BCUT2D eigenvalue weighted by Gasteiger charge is 2.33. The SMILES string of the molecule is O=C([C@H]1CCCNC1)N(c1cnccn1)C1CCCCC1. The summed E-state index contributed by atoms with van der Waals surface area (Å²) >= 11 is 0. The second kappa shape index (κ2) is 6.98. The zero-order chi connectivity index (χ0) is 14.5. The van der Waals surface area contributed by atoms with E-state index in [9.17, 15) is 4.79 Å². The first kappa shape index (κ1) is 14.4. The van der Waals surface area contributed by atoms with Gasteiger partial charge in [0.2, 0.25) is 5.91 Å². The van der Waals surface area contributed by atoms with Gasteiger partial charge < -0.3 is 5.32 Å². The highest BCUT2D eigenvalue weighted by molar-refractivity contribution is 5.94. The Bertz CT molecular complexity index is 453. The van der Waals surface area contributed by atoms with Gasteiger partial charge in [-0.1, -0.05) is 19.3 Å². The first-order chi connectivity index (χ1) is 10.4. The largest absolute Gasteiger partial charge is 0.316 e. The predicted molar refractivity (Wildman–Crippen MR) is 82.0 cm³/mol. The first-order valence-electron chi connectivity index (χ1n) is 8.16. The lowest BCUT2D eigenvalue weighted by atomic mass is 9.91. The van der Waals surface area contributed by atoms with Crippen LogP contribution in [0.2, 0.25) is 0 Å². The highest BCUT2D eigenvalue weighted by Crippen LogP contribution is 2.28. The van der Waals surface area contributed by atoms with Gasteiger partial charge >= 0.3 is 0 Å². The Kier molecular flexibility index (Phi) is 4.80. The van der Waals surface area contributed by atoms with Gasteiger partial charge in [0.15, 0.2) is 5.82 Å². The third-order valence-electron chi connectivity index (χ3n) is 4.62. The molecule has 0 unspecified atom stereocenters. The molecular weight excluding hydrogens is 264 g/mol. The van der Waals surface area contributed by atoms with E-state index in [1.165, 1.54) is 19.3 Å². The summed E-state index contributed by atoms with van der Waals surface area (Å²) in [6.45, 7) is 1.82. The predicted octanol–water partition coefficient (Wildman–Crippen LogP) is 2.14. The monoisotopic (exact) mass is 288 g/mol. The number of amides is 1. The minimum Gasteiger partial charge on any atom is -0.316 e. The minimum atomic E-state index is 0.0858. The molecule has 0 aromatic carbocycles. The average Bonchev–Trinajstić information content (AvgIpc) is 2.58. The molecule has 1 aliphatic carbocycles. The van der Waals surface area contributed by atoms with Gasteiger partial charge in [0, 0.05) is 25.0 Å². The Morgan fingerprint density at radius 2 is 2.00 bits per heavy atom. The van der Waals surface area contributed by atoms with Crippen LogP contribution in [0.3, 0.4) is 0 Å². The van der Waals surface area contributed by atoms with E-state index in [0.717, 1.165) is 44.6 Å². The molecule has 2 heterocycles. The minimum absolute atomic E-state index is 0.0858. The van der Waals surface area contributed by atoms with Crippen molar-refractivity contribution >= 4 is 11.7 Å². The lowest BCUT2D eigenvalue weighted by Gasteiger charge is -2.36. The van der Waals surface area contributed by atoms with E-state index in [-0.39, 0.29) is 11.8 Å². The van der Waals surface area contributed by atoms with Gasteiger partial charge in [0.1, 0.15) is 0 Å². The quantitative estimate of drug-likeness (QED) is 0.926. The molecule has 0 spiro atoms. The molecule has 0 radical (unpaired) electrons. The van der Waals surface area contributed by atoms with Crippen LogP contribution >= 0.6 is 0 Å². The maximum atomic E-state index is 13.0. The number of hydrogen-bond acceptors (Lipinski definition) is 4. The standard InChI is InChI=1S/C16H24N4O/c21-16(13-5-4-8-17-11-13)20(14-6-2-1-3-7-14)15-12-18-9-10-19-15/h9-10,12-14,17H,1-8,11H2/t13-/m0/s1. The summed E-state index contributed by atoms with van der Waals surface area (Å²) < 4.78 is 0. The lowest BCUT2D eigenvalue weighted by molar-refractivity contribution is -0.123. The van der Waals surface area contributed by atoms with Crippen LogP contribution in [0.25, 0.3) is 0 Å². The number of aromatic nitrogens is 2. The number of carbonyl (C=O) groups excluding carboxylic acids is 1. The fourth-order valence-electron chi connectivity index (χ4n) is 3.49. The summed E-state index contributed by atoms with van der Waals surface area (Å²) in [5.74, 6) is 1.04. The fraction of sp³-hybridized carbons (Fsp3) is 0.688. The van der Waals surface area contributed by atoms with Gasteiger partial charge in [-0.3, -0.25) is 14.7 Å². The van der Waals surface area contributed by atoms with Gasteiger partial charge in [0.25, 0.3) is 0 Å². The second-order valence-corrected chi connectivity index (χ2v) is 6.11. The molecule has 1 atom stereocenters. The second-order valence-electron chi connectivity index (χ2n) is 6.11. The molecule has 0 bridgehead atoms. The topological polar surface area (TPSA) is 58.1 Å². The van der Waals surface area contributed by atoms with Crippen molar-refractivity contribution in [1.82, 2.24) is 15.3 Å². The van der Waals surface area contributed by atoms with E-state index in [4.69, 9.17) is 0 Å². The molecule has 1 N–H and O–H groups in total. The van der Waals surface area contributed by atoms with Gasteiger partial charge in [-0.15, -0.1) is 0 Å². The molecule has 1 aliphatic heterocycles. The fourth-order valence-corrected chi connectivity index (χ4v) is 3.49. The van der Waals surface area contributed by atoms with Crippen LogP contribution in [0.5, 0.6) is 0 Å². The smallest absolute Gasteiger partial charge is 0.232 e. The molecule has 2 aliphatic rings. The van der Waals surface area contributed by atoms with Crippen molar-refractivity contribution in [1.29, 1.82) is 0 Å². The van der Waals surface area contributed by atoms with Crippen LogP contribution < -0.4 is 10.2 Å². The molecule has 21 heavy (non-hydrogen) atoms. The summed E-state index contributed by atoms with van der Waals surface area (Å²) in [5.41, 5.74) is 0. The molecule has 114 valence electrons. The van der Waals surface area contributed by atoms with E-state index >= 15 is 0 Å². The summed E-state index contributed by atoms with van der Waals surface area (Å²) in [4.78, 5) is 23.5. The number of rotatable bonds is 3. The van der Waals surface area contributed by atoms with Gasteiger partial charge in [-0.25, -0.2) is 4.98 Å². The van der Waals surface area contributed by atoms with Crippen molar-refractivity contribution in [3.8, 4) is 0 Å². The summed E-state index contributed by atoms with van der Waals surface area (Å²) in [5, 5.41) is 3.34. The normalized spacial score (nSPS) is 23.7. The van der Waals surface area contributed by atoms with Crippen LogP contribution in [0, 0.1) is 5.92 Å². The van der Waals surface area contributed by atoms with Crippen LogP contribution in [0.15, 0.2) is 18.6 Å². The zero-order valence-electron chi connectivity index (χ0n) is 12.5. The Morgan fingerprint density at radius 3 is 2.67 bits per heavy atom. The van der Waals surface area contributed by atoms with Gasteiger partial charge in [-0.2, -0.15) is 0 Å². The molecule has 2 fully saturated rings. The Labute approximate surface area is 126 Å². The molecule has 5 nitrogen and oxygen atoms in total. The van der Waals surface area contributed by atoms with E-state index < -0.39 is 0 Å². The van der Waals surface area contributed by atoms with E-state index in [2.05, 4.69) is 15.3 Å². The zero-order valence-corrected chi connectivity index (χ0v) is 12.5. The Balaban J connectivity index is 1.82.